The van der Waals surface area contributed by atoms with Gasteiger partial charge in [-0.2, -0.15) is 4.98 Å². The van der Waals surface area contributed by atoms with Crippen LogP contribution in [-0.2, 0) is 0 Å². The van der Waals surface area contributed by atoms with Gasteiger partial charge in [-0.3, -0.25) is 5.10 Å². The SMILES string of the molecule is Cc1cc(-c2nc(N3CCCNCC3)n[nH]2)sc1Br. The minimum Gasteiger partial charge on any atom is -0.338 e. The van der Waals surface area contributed by atoms with E-state index < -0.39 is 0 Å². The van der Waals surface area contributed by atoms with Crippen LogP contribution >= 0.6 is 27.3 Å². The Labute approximate surface area is 124 Å². The van der Waals surface area contributed by atoms with Gasteiger partial charge in [0.05, 0.1) is 8.66 Å². The summed E-state index contributed by atoms with van der Waals surface area (Å²) >= 11 is 5.23. The predicted molar refractivity (Wildman–Crippen MR) is 81.8 cm³/mol. The molecule has 7 heteroatoms. The van der Waals surface area contributed by atoms with Crippen LogP contribution in [0.4, 0.5) is 5.95 Å². The first-order chi connectivity index (χ1) is 9.24. The second-order valence-corrected chi connectivity index (χ2v) is 7.01. The largest absolute Gasteiger partial charge is 0.338 e. The van der Waals surface area contributed by atoms with Crippen LogP contribution in [0.25, 0.3) is 10.7 Å². The first kappa shape index (κ1) is 13.1. The number of H-pyrrole nitrogens is 1. The molecule has 102 valence electrons. The molecule has 0 unspecified atom stereocenters. The number of aromatic amines is 1. The highest BCUT2D eigenvalue weighted by molar-refractivity contribution is 9.11. The van der Waals surface area contributed by atoms with Gasteiger partial charge in [0.1, 0.15) is 0 Å². The first-order valence-electron chi connectivity index (χ1n) is 6.38. The zero-order chi connectivity index (χ0) is 13.2. The lowest BCUT2D eigenvalue weighted by atomic mass is 10.3. The molecule has 0 atom stereocenters. The van der Waals surface area contributed by atoms with Gasteiger partial charge in [0.15, 0.2) is 5.82 Å². The first-order valence-corrected chi connectivity index (χ1v) is 7.99. The van der Waals surface area contributed by atoms with Crippen molar-refractivity contribution in [2.24, 2.45) is 0 Å². The third kappa shape index (κ3) is 2.82. The van der Waals surface area contributed by atoms with Crippen LogP contribution in [0.5, 0.6) is 0 Å². The topological polar surface area (TPSA) is 56.8 Å². The number of nitrogens with one attached hydrogen (secondary N) is 2. The molecule has 1 saturated heterocycles. The molecule has 19 heavy (non-hydrogen) atoms. The van der Waals surface area contributed by atoms with Crippen molar-refractivity contribution in [1.82, 2.24) is 20.5 Å². The second-order valence-electron chi connectivity index (χ2n) is 4.64. The predicted octanol–water partition coefficient (Wildman–Crippen LogP) is 2.40. The summed E-state index contributed by atoms with van der Waals surface area (Å²) in [5.41, 5.74) is 1.23. The molecule has 0 saturated carbocycles. The minimum absolute atomic E-state index is 0.806. The van der Waals surface area contributed by atoms with Crippen molar-refractivity contribution in [2.45, 2.75) is 13.3 Å². The van der Waals surface area contributed by atoms with Crippen LogP contribution in [0.1, 0.15) is 12.0 Å². The number of hydrogen-bond donors (Lipinski definition) is 2. The van der Waals surface area contributed by atoms with Crippen LogP contribution in [0.15, 0.2) is 9.85 Å². The van der Waals surface area contributed by atoms with Gasteiger partial charge >= 0.3 is 0 Å². The van der Waals surface area contributed by atoms with Crippen LogP contribution in [0.2, 0.25) is 0 Å². The molecule has 0 aliphatic carbocycles. The maximum absolute atomic E-state index is 4.62. The Morgan fingerprint density at radius 1 is 1.37 bits per heavy atom. The number of aryl methyl sites for hydroxylation is 1. The van der Waals surface area contributed by atoms with Crippen molar-refractivity contribution in [2.75, 3.05) is 31.1 Å². The highest BCUT2D eigenvalue weighted by Gasteiger charge is 2.16. The number of hydrogen-bond acceptors (Lipinski definition) is 5. The van der Waals surface area contributed by atoms with Crippen molar-refractivity contribution in [3.63, 3.8) is 0 Å². The fourth-order valence-electron chi connectivity index (χ4n) is 2.13. The van der Waals surface area contributed by atoms with Crippen molar-refractivity contribution in [1.29, 1.82) is 0 Å². The molecule has 3 heterocycles. The van der Waals surface area contributed by atoms with E-state index >= 15 is 0 Å². The molecule has 1 fully saturated rings. The lowest BCUT2D eigenvalue weighted by Gasteiger charge is -2.16. The zero-order valence-corrected chi connectivity index (χ0v) is 13.1. The van der Waals surface area contributed by atoms with Crippen molar-refractivity contribution < 1.29 is 0 Å². The molecule has 0 radical (unpaired) electrons. The summed E-state index contributed by atoms with van der Waals surface area (Å²) in [6.45, 7) is 6.13. The second kappa shape index (κ2) is 5.60. The normalized spacial score (nSPS) is 16.6. The molecule has 0 amide bonds. The molecular formula is C12H16BrN5S. The molecule has 2 N–H and O–H groups in total. The number of thiophene rings is 1. The Balaban J connectivity index is 1.82. The van der Waals surface area contributed by atoms with Gasteiger partial charge in [0.25, 0.3) is 0 Å². The maximum atomic E-state index is 4.62. The lowest BCUT2D eigenvalue weighted by molar-refractivity contribution is 0.724. The average Bonchev–Trinajstić information content (AvgIpc) is 2.90. The Morgan fingerprint density at radius 3 is 3.05 bits per heavy atom. The highest BCUT2D eigenvalue weighted by Crippen LogP contribution is 2.33. The van der Waals surface area contributed by atoms with Gasteiger partial charge in [0, 0.05) is 19.6 Å². The van der Waals surface area contributed by atoms with E-state index in [-0.39, 0.29) is 0 Å². The fraction of sp³-hybridized carbons (Fsp3) is 0.500. The van der Waals surface area contributed by atoms with Crippen LogP contribution in [0.3, 0.4) is 0 Å². The van der Waals surface area contributed by atoms with E-state index in [1.54, 1.807) is 11.3 Å². The van der Waals surface area contributed by atoms with E-state index in [0.29, 0.717) is 0 Å². The summed E-state index contributed by atoms with van der Waals surface area (Å²) in [6, 6.07) is 2.13. The monoisotopic (exact) mass is 341 g/mol. The number of anilines is 1. The molecule has 2 aromatic rings. The van der Waals surface area contributed by atoms with Gasteiger partial charge in [-0.05, 0) is 47.4 Å². The quantitative estimate of drug-likeness (QED) is 0.880. The molecule has 0 bridgehead atoms. The van der Waals surface area contributed by atoms with Crippen LogP contribution < -0.4 is 10.2 Å². The van der Waals surface area contributed by atoms with Crippen LogP contribution in [-0.4, -0.2) is 41.4 Å². The Bertz CT molecular complexity index is 537. The summed E-state index contributed by atoms with van der Waals surface area (Å²) < 4.78 is 1.15. The summed E-state index contributed by atoms with van der Waals surface area (Å²) in [6.07, 6.45) is 1.13. The minimum atomic E-state index is 0.806. The van der Waals surface area contributed by atoms with E-state index in [1.165, 1.54) is 5.56 Å². The van der Waals surface area contributed by atoms with Gasteiger partial charge < -0.3 is 10.2 Å². The molecule has 0 spiro atoms. The van der Waals surface area contributed by atoms with Gasteiger partial charge in [-0.25, -0.2) is 0 Å². The Hall–Kier alpha value is -0.920. The van der Waals surface area contributed by atoms with Crippen LogP contribution in [0, 0.1) is 6.92 Å². The van der Waals surface area contributed by atoms with Gasteiger partial charge in [-0.1, -0.05) is 0 Å². The summed E-state index contributed by atoms with van der Waals surface area (Å²) in [7, 11) is 0. The number of nitrogens with zero attached hydrogens (tertiary/aromatic N) is 3. The molecule has 1 aliphatic rings. The number of halogens is 1. The van der Waals surface area contributed by atoms with Gasteiger partial charge in [-0.15, -0.1) is 16.4 Å². The molecule has 1 aliphatic heterocycles. The Morgan fingerprint density at radius 2 is 2.26 bits per heavy atom. The Kier molecular flexibility index (Phi) is 3.86. The maximum Gasteiger partial charge on any atom is 0.245 e. The summed E-state index contributed by atoms with van der Waals surface area (Å²) in [5.74, 6) is 1.66. The third-order valence-corrected chi connectivity index (χ3v) is 5.33. The highest BCUT2D eigenvalue weighted by atomic mass is 79.9. The smallest absolute Gasteiger partial charge is 0.245 e. The molecule has 3 rings (SSSR count). The average molecular weight is 342 g/mol. The van der Waals surface area contributed by atoms with E-state index in [2.05, 4.69) is 54.3 Å². The number of aromatic nitrogens is 3. The molecular weight excluding hydrogens is 326 g/mol. The van der Waals surface area contributed by atoms with Crippen molar-refractivity contribution in [3.05, 3.63) is 15.4 Å². The third-order valence-electron chi connectivity index (χ3n) is 3.19. The summed E-state index contributed by atoms with van der Waals surface area (Å²) in [4.78, 5) is 7.97. The van der Waals surface area contributed by atoms with Crippen molar-refractivity contribution >= 4 is 33.2 Å². The lowest BCUT2D eigenvalue weighted by Crippen LogP contribution is -2.28. The fourth-order valence-corrected chi connectivity index (χ4v) is 3.60. The van der Waals surface area contributed by atoms with E-state index in [4.69, 9.17) is 0 Å². The molecule has 0 aromatic carbocycles. The van der Waals surface area contributed by atoms with E-state index in [0.717, 1.165) is 53.0 Å². The molecule has 2 aromatic heterocycles. The molecule has 5 nitrogen and oxygen atoms in total. The number of rotatable bonds is 2. The van der Waals surface area contributed by atoms with Gasteiger partial charge in [0.2, 0.25) is 5.95 Å². The van der Waals surface area contributed by atoms with Crippen molar-refractivity contribution in [3.8, 4) is 10.7 Å². The van der Waals surface area contributed by atoms with E-state index in [1.807, 2.05) is 0 Å². The standard InChI is InChI=1S/C12H16BrN5S/c1-8-7-9(19-10(8)13)11-15-12(17-16-11)18-5-2-3-14-4-6-18/h7,14H,2-6H2,1H3,(H,15,16,17). The zero-order valence-electron chi connectivity index (χ0n) is 10.7. The van der Waals surface area contributed by atoms with E-state index in [9.17, 15) is 0 Å². The summed E-state index contributed by atoms with van der Waals surface area (Å²) in [5, 5.41) is 10.8.